The van der Waals surface area contributed by atoms with Crippen LogP contribution in [0.4, 0.5) is 13.2 Å². The zero-order valence-corrected chi connectivity index (χ0v) is 10.6. The third-order valence-electron chi connectivity index (χ3n) is 3.43. The molecule has 18 heavy (non-hydrogen) atoms. The fraction of sp³-hybridized carbons (Fsp3) is 0.917. The maximum atomic E-state index is 11.9. The maximum Gasteiger partial charge on any atom is 0.405 e. The first-order valence-corrected chi connectivity index (χ1v) is 6.45. The predicted molar refractivity (Wildman–Crippen MR) is 63.1 cm³/mol. The molecule has 0 heterocycles. The highest BCUT2D eigenvalue weighted by molar-refractivity contribution is 5.78. The molecule has 0 aromatic heterocycles. The van der Waals surface area contributed by atoms with Gasteiger partial charge in [-0.1, -0.05) is 19.3 Å². The summed E-state index contributed by atoms with van der Waals surface area (Å²) in [5.41, 5.74) is 0. The second-order valence-electron chi connectivity index (χ2n) is 4.96. The lowest BCUT2D eigenvalue weighted by molar-refractivity contribution is -0.138. The van der Waals surface area contributed by atoms with Crippen molar-refractivity contribution >= 4 is 5.91 Å². The lowest BCUT2D eigenvalue weighted by Gasteiger charge is -2.28. The summed E-state index contributed by atoms with van der Waals surface area (Å²) in [6.07, 6.45) is 1.60. The normalized spacial score (nSPS) is 19.6. The van der Waals surface area contributed by atoms with E-state index < -0.39 is 18.6 Å². The van der Waals surface area contributed by atoms with Crippen LogP contribution < -0.4 is 10.6 Å². The molecule has 2 N–H and O–H groups in total. The van der Waals surface area contributed by atoms with Gasteiger partial charge in [-0.3, -0.25) is 4.79 Å². The van der Waals surface area contributed by atoms with E-state index in [1.54, 1.807) is 0 Å². The Kier molecular flexibility index (Phi) is 5.91. The largest absolute Gasteiger partial charge is 0.405 e. The molecule has 1 rings (SSSR count). The van der Waals surface area contributed by atoms with E-state index in [9.17, 15) is 18.0 Å². The van der Waals surface area contributed by atoms with Crippen LogP contribution in [0.2, 0.25) is 0 Å². The second-order valence-corrected chi connectivity index (χ2v) is 4.96. The molecule has 1 aliphatic rings. The number of alkyl halides is 3. The molecule has 1 saturated carbocycles. The Morgan fingerprint density at radius 1 is 1.28 bits per heavy atom. The number of hydrogen-bond donors (Lipinski definition) is 2. The Labute approximate surface area is 106 Å². The van der Waals surface area contributed by atoms with Crippen LogP contribution in [-0.2, 0) is 4.79 Å². The summed E-state index contributed by atoms with van der Waals surface area (Å²) < 4.78 is 35.6. The van der Waals surface area contributed by atoms with Gasteiger partial charge in [0.25, 0.3) is 0 Å². The van der Waals surface area contributed by atoms with Gasteiger partial charge < -0.3 is 10.6 Å². The van der Waals surface area contributed by atoms with Gasteiger partial charge in [-0.2, -0.15) is 13.2 Å². The lowest BCUT2D eigenvalue weighted by atomic mass is 9.84. The van der Waals surface area contributed by atoms with E-state index in [4.69, 9.17) is 0 Å². The molecule has 1 atom stereocenters. The molecule has 0 saturated heterocycles. The predicted octanol–water partition coefficient (Wildman–Crippen LogP) is 2.22. The number of carbonyl (C=O) groups is 1. The highest BCUT2D eigenvalue weighted by atomic mass is 19.4. The van der Waals surface area contributed by atoms with Gasteiger partial charge in [0, 0.05) is 6.04 Å². The van der Waals surface area contributed by atoms with Crippen molar-refractivity contribution in [3.63, 3.8) is 0 Å². The van der Waals surface area contributed by atoms with E-state index >= 15 is 0 Å². The number of hydrogen-bond acceptors (Lipinski definition) is 2. The van der Waals surface area contributed by atoms with Crippen molar-refractivity contribution in [1.82, 2.24) is 10.6 Å². The molecule has 0 radical (unpaired) electrons. The van der Waals surface area contributed by atoms with Crippen molar-refractivity contribution in [2.75, 3.05) is 13.1 Å². The SMILES string of the molecule is C[C@H](NCC(=O)NCC(F)(F)F)C1CCCCC1. The van der Waals surface area contributed by atoms with Crippen LogP contribution in [0.5, 0.6) is 0 Å². The zero-order chi connectivity index (χ0) is 13.6. The molecule has 0 aromatic rings. The monoisotopic (exact) mass is 266 g/mol. The average molecular weight is 266 g/mol. The van der Waals surface area contributed by atoms with E-state index in [0.717, 1.165) is 12.8 Å². The summed E-state index contributed by atoms with van der Waals surface area (Å²) in [6.45, 7) is 0.687. The summed E-state index contributed by atoms with van der Waals surface area (Å²) in [7, 11) is 0. The standard InChI is InChI=1S/C12H21F3N2O/c1-9(10-5-3-2-4-6-10)16-7-11(18)17-8-12(13,14)15/h9-10,16H,2-8H2,1H3,(H,17,18)/t9-/m0/s1. The Morgan fingerprint density at radius 2 is 1.89 bits per heavy atom. The van der Waals surface area contributed by atoms with Crippen LogP contribution in [-0.4, -0.2) is 31.2 Å². The summed E-state index contributed by atoms with van der Waals surface area (Å²) in [5, 5.41) is 4.86. The van der Waals surface area contributed by atoms with E-state index in [-0.39, 0.29) is 12.6 Å². The van der Waals surface area contributed by atoms with Crippen molar-refractivity contribution in [2.24, 2.45) is 5.92 Å². The van der Waals surface area contributed by atoms with Crippen molar-refractivity contribution < 1.29 is 18.0 Å². The summed E-state index contributed by atoms with van der Waals surface area (Å²) in [5.74, 6) is -0.0656. The molecule has 0 spiro atoms. The molecule has 6 heteroatoms. The minimum Gasteiger partial charge on any atom is -0.346 e. The van der Waals surface area contributed by atoms with E-state index in [2.05, 4.69) is 5.32 Å². The minimum absolute atomic E-state index is 0.0479. The minimum atomic E-state index is -4.34. The maximum absolute atomic E-state index is 11.9. The molecule has 0 unspecified atom stereocenters. The van der Waals surface area contributed by atoms with E-state index in [0.29, 0.717) is 5.92 Å². The molecule has 106 valence electrons. The van der Waals surface area contributed by atoms with Crippen LogP contribution in [0, 0.1) is 5.92 Å². The van der Waals surface area contributed by atoms with Crippen molar-refractivity contribution in [3.8, 4) is 0 Å². The molecule has 0 bridgehead atoms. The Bertz CT molecular complexity index is 263. The highest BCUT2D eigenvalue weighted by Crippen LogP contribution is 2.26. The van der Waals surface area contributed by atoms with Crippen molar-refractivity contribution in [1.29, 1.82) is 0 Å². The smallest absolute Gasteiger partial charge is 0.346 e. The van der Waals surface area contributed by atoms with E-state index in [1.807, 2.05) is 12.2 Å². The Balaban J connectivity index is 2.17. The van der Waals surface area contributed by atoms with Crippen molar-refractivity contribution in [3.05, 3.63) is 0 Å². The van der Waals surface area contributed by atoms with Gasteiger partial charge in [0.1, 0.15) is 6.54 Å². The average Bonchev–Trinajstić information content (AvgIpc) is 2.33. The molecule has 1 amide bonds. The Hall–Kier alpha value is -0.780. The van der Waals surface area contributed by atoms with Gasteiger partial charge in [0.2, 0.25) is 5.91 Å². The van der Waals surface area contributed by atoms with Crippen molar-refractivity contribution in [2.45, 2.75) is 51.2 Å². The second kappa shape index (κ2) is 6.97. The van der Waals surface area contributed by atoms with Gasteiger partial charge in [0.05, 0.1) is 6.54 Å². The van der Waals surface area contributed by atoms with Crippen LogP contribution >= 0.6 is 0 Å². The first kappa shape index (κ1) is 15.3. The molecular weight excluding hydrogens is 245 g/mol. The molecule has 0 aromatic carbocycles. The fourth-order valence-corrected chi connectivity index (χ4v) is 2.32. The molecule has 3 nitrogen and oxygen atoms in total. The third-order valence-corrected chi connectivity index (χ3v) is 3.43. The summed E-state index contributed by atoms with van der Waals surface area (Å²) in [6, 6.07) is 0.182. The first-order valence-electron chi connectivity index (χ1n) is 6.45. The zero-order valence-electron chi connectivity index (χ0n) is 10.6. The van der Waals surface area contributed by atoms with Crippen LogP contribution in [0.15, 0.2) is 0 Å². The lowest BCUT2D eigenvalue weighted by Crippen LogP contribution is -2.43. The number of rotatable bonds is 5. The fourth-order valence-electron chi connectivity index (χ4n) is 2.32. The summed E-state index contributed by atoms with van der Waals surface area (Å²) >= 11 is 0. The quantitative estimate of drug-likeness (QED) is 0.801. The topological polar surface area (TPSA) is 41.1 Å². The Morgan fingerprint density at radius 3 is 2.44 bits per heavy atom. The van der Waals surface area contributed by atoms with Gasteiger partial charge in [-0.25, -0.2) is 0 Å². The molecule has 1 fully saturated rings. The van der Waals surface area contributed by atoms with Crippen LogP contribution in [0.25, 0.3) is 0 Å². The number of halogens is 3. The third kappa shape index (κ3) is 6.23. The van der Waals surface area contributed by atoms with Gasteiger partial charge in [-0.05, 0) is 25.7 Å². The van der Waals surface area contributed by atoms with Gasteiger partial charge in [-0.15, -0.1) is 0 Å². The number of nitrogens with one attached hydrogen (secondary N) is 2. The van der Waals surface area contributed by atoms with Crippen LogP contribution in [0.1, 0.15) is 39.0 Å². The first-order chi connectivity index (χ1) is 8.38. The van der Waals surface area contributed by atoms with Gasteiger partial charge in [0.15, 0.2) is 0 Å². The van der Waals surface area contributed by atoms with E-state index in [1.165, 1.54) is 19.3 Å². The highest BCUT2D eigenvalue weighted by Gasteiger charge is 2.27. The summed E-state index contributed by atoms with van der Waals surface area (Å²) in [4.78, 5) is 11.2. The molecule has 0 aliphatic heterocycles. The van der Waals surface area contributed by atoms with Crippen LogP contribution in [0.3, 0.4) is 0 Å². The number of carbonyl (C=O) groups excluding carboxylic acids is 1. The molecular formula is C12H21F3N2O. The molecule has 1 aliphatic carbocycles. The number of amides is 1. The van der Waals surface area contributed by atoms with Gasteiger partial charge >= 0.3 is 6.18 Å².